The van der Waals surface area contributed by atoms with Gasteiger partial charge in [-0.25, -0.2) is 23.0 Å². The first-order valence-electron chi connectivity index (χ1n) is 14.7. The fourth-order valence-electron chi connectivity index (χ4n) is 5.24. The highest BCUT2D eigenvalue weighted by molar-refractivity contribution is 7.85. The Hall–Kier alpha value is -3.78. The summed E-state index contributed by atoms with van der Waals surface area (Å²) in [5, 5.41) is 22.6. The number of nitrogens with one attached hydrogen (secondary N) is 1. The number of carbonyl (C=O) groups is 1. The number of hydroxylamine groups is 3. The molecule has 1 saturated heterocycles. The Morgan fingerprint density at radius 1 is 1.04 bits per heavy atom. The number of nitrogens with zero attached hydrogens (tertiary/aromatic N) is 3. The molecule has 5 rings (SSSR count). The zero-order valence-corrected chi connectivity index (χ0v) is 26.8. The number of aliphatic hydroxyl groups is 1. The van der Waals surface area contributed by atoms with Gasteiger partial charge in [-0.05, 0) is 60.9 Å². The summed E-state index contributed by atoms with van der Waals surface area (Å²) in [6.45, 7) is 3.34. The van der Waals surface area contributed by atoms with Crippen molar-refractivity contribution in [2.75, 3.05) is 30.8 Å². The Labute approximate surface area is 272 Å². The minimum atomic E-state index is -4.10. The van der Waals surface area contributed by atoms with Crippen molar-refractivity contribution in [1.29, 1.82) is 0 Å². The fourth-order valence-corrected chi connectivity index (χ4v) is 5.89. The standard InChI is InChI=1S/C30H28ClFN4O2.C3H8O4S/c1-20-2-11-27(35-30(37)25-12-15-33-28(31)18-25)29(34-20)24-13-16-36(38,17-14-24)19-21-3-5-22(6-4-21)23-7-9-26(32)10-8-23;4-2-1-3-8(5,6)7/h2-12,15,18,24,38H,13-14,16-17,19H2,1H3;4H,1-3H2,(H,5,6,7). The molecular formula is C33H36ClFN4O6S. The molecular weight excluding hydrogens is 635 g/mol. The van der Waals surface area contributed by atoms with Crippen molar-refractivity contribution >= 4 is 33.3 Å². The number of carbonyl (C=O) groups excluding carboxylic acids is 1. The van der Waals surface area contributed by atoms with Gasteiger partial charge >= 0.3 is 0 Å². The Morgan fingerprint density at radius 3 is 2.24 bits per heavy atom. The number of piperidine rings is 1. The Balaban J connectivity index is 0.000000533. The van der Waals surface area contributed by atoms with E-state index >= 15 is 0 Å². The predicted molar refractivity (Wildman–Crippen MR) is 172 cm³/mol. The molecule has 3 heterocycles. The number of aliphatic hydroxyl groups excluding tert-OH is 1. The average Bonchev–Trinajstić information content (AvgIpc) is 3.02. The van der Waals surface area contributed by atoms with Crippen LogP contribution in [0, 0.1) is 12.7 Å². The van der Waals surface area contributed by atoms with Gasteiger partial charge in [0.2, 0.25) is 0 Å². The van der Waals surface area contributed by atoms with Gasteiger partial charge in [0, 0.05) is 54.1 Å². The number of rotatable bonds is 9. The van der Waals surface area contributed by atoms with Crippen molar-refractivity contribution in [2.45, 2.75) is 38.6 Å². The number of aryl methyl sites for hydroxylation is 1. The second-order valence-corrected chi connectivity index (χ2v) is 13.1. The van der Waals surface area contributed by atoms with E-state index in [1.54, 1.807) is 18.2 Å². The predicted octanol–water partition coefficient (Wildman–Crippen LogP) is 5.69. The van der Waals surface area contributed by atoms with Crippen LogP contribution in [0.25, 0.3) is 11.1 Å². The first-order valence-corrected chi connectivity index (χ1v) is 16.7. The van der Waals surface area contributed by atoms with Crippen LogP contribution in [-0.2, 0) is 16.7 Å². The third kappa shape index (κ3) is 10.4. The van der Waals surface area contributed by atoms with Crippen LogP contribution in [-0.4, -0.2) is 69.3 Å². The number of likely N-dealkylation sites (tertiary alicyclic amines) is 1. The SMILES string of the molecule is Cc1ccc(NC(=O)c2ccnc(Cl)c2)c(C2CC[N+](O)(Cc3ccc(-c4ccc(F)cc4)cc3)CC2)n1.O=S(=O)([O-])CCCO. The lowest BCUT2D eigenvalue weighted by atomic mass is 9.91. The number of hydrogen-bond acceptors (Lipinski definition) is 8. The molecule has 0 spiro atoms. The molecule has 0 bridgehead atoms. The normalized spacial score (nSPS) is 17.9. The van der Waals surface area contributed by atoms with Gasteiger partial charge in [-0.2, -0.15) is 4.65 Å². The largest absolute Gasteiger partial charge is 0.748 e. The van der Waals surface area contributed by atoms with E-state index in [-0.39, 0.29) is 40.5 Å². The molecule has 1 fully saturated rings. The van der Waals surface area contributed by atoms with Crippen LogP contribution in [0.3, 0.4) is 0 Å². The molecule has 0 unspecified atom stereocenters. The van der Waals surface area contributed by atoms with Crippen molar-refractivity contribution in [3.05, 3.63) is 112 Å². The Morgan fingerprint density at radius 2 is 1.67 bits per heavy atom. The van der Waals surface area contributed by atoms with Crippen molar-refractivity contribution in [2.24, 2.45) is 0 Å². The van der Waals surface area contributed by atoms with E-state index in [0.29, 0.717) is 30.9 Å². The molecule has 46 heavy (non-hydrogen) atoms. The zero-order chi connectivity index (χ0) is 33.3. The van der Waals surface area contributed by atoms with E-state index in [2.05, 4.69) is 10.3 Å². The smallest absolute Gasteiger partial charge is 0.255 e. The van der Waals surface area contributed by atoms with Crippen LogP contribution in [0.2, 0.25) is 5.15 Å². The summed E-state index contributed by atoms with van der Waals surface area (Å²) in [6, 6.07) is 21.4. The number of benzene rings is 2. The molecule has 3 N–H and O–H groups in total. The number of pyridine rings is 2. The third-order valence-electron chi connectivity index (χ3n) is 7.64. The van der Waals surface area contributed by atoms with Gasteiger partial charge in [0.05, 0.1) is 21.5 Å². The Bertz CT molecular complexity index is 1730. The lowest BCUT2D eigenvalue weighted by molar-refractivity contribution is -1.12. The van der Waals surface area contributed by atoms with Gasteiger partial charge < -0.3 is 15.0 Å². The van der Waals surface area contributed by atoms with Crippen LogP contribution in [0.1, 0.15) is 52.5 Å². The highest BCUT2D eigenvalue weighted by Crippen LogP contribution is 2.35. The maximum atomic E-state index is 13.2. The molecule has 1 amide bonds. The number of amides is 1. The monoisotopic (exact) mass is 670 g/mol. The molecule has 0 radical (unpaired) electrons. The molecule has 0 atom stereocenters. The topological polar surface area (TPSA) is 153 Å². The van der Waals surface area contributed by atoms with Crippen molar-refractivity contribution in [3.63, 3.8) is 0 Å². The lowest BCUT2D eigenvalue weighted by Gasteiger charge is -2.37. The lowest BCUT2D eigenvalue weighted by Crippen LogP contribution is -2.49. The van der Waals surface area contributed by atoms with Crippen LogP contribution >= 0.6 is 11.6 Å². The molecule has 244 valence electrons. The summed E-state index contributed by atoms with van der Waals surface area (Å²) in [6.07, 6.45) is 3.02. The summed E-state index contributed by atoms with van der Waals surface area (Å²) in [7, 11) is -4.10. The van der Waals surface area contributed by atoms with E-state index in [1.807, 2.05) is 43.3 Å². The molecule has 2 aromatic heterocycles. The van der Waals surface area contributed by atoms with Crippen molar-refractivity contribution < 1.29 is 37.1 Å². The molecule has 13 heteroatoms. The van der Waals surface area contributed by atoms with Crippen LogP contribution in [0.5, 0.6) is 0 Å². The van der Waals surface area contributed by atoms with Gasteiger partial charge in [-0.3, -0.25) is 9.78 Å². The van der Waals surface area contributed by atoms with Gasteiger partial charge in [0.1, 0.15) is 30.6 Å². The van der Waals surface area contributed by atoms with E-state index < -0.39 is 15.9 Å². The van der Waals surface area contributed by atoms with Crippen molar-refractivity contribution in [3.8, 4) is 11.1 Å². The quantitative estimate of drug-likeness (QED) is 0.117. The zero-order valence-electron chi connectivity index (χ0n) is 25.3. The minimum absolute atomic E-state index is 0.0336. The number of halogens is 2. The fraction of sp³-hybridized carbons (Fsp3) is 0.303. The summed E-state index contributed by atoms with van der Waals surface area (Å²) >= 11 is 5.95. The maximum Gasteiger partial charge on any atom is 0.255 e. The van der Waals surface area contributed by atoms with Gasteiger partial charge in [-0.1, -0.05) is 48.0 Å². The first kappa shape index (κ1) is 35.1. The summed E-state index contributed by atoms with van der Waals surface area (Å²) in [4.78, 5) is 21.5. The summed E-state index contributed by atoms with van der Waals surface area (Å²) in [5.41, 5.74) is 5.81. The molecule has 1 aliphatic rings. The average molecular weight is 671 g/mol. The highest BCUT2D eigenvalue weighted by Gasteiger charge is 2.35. The van der Waals surface area contributed by atoms with Gasteiger partial charge in [-0.15, -0.1) is 0 Å². The minimum Gasteiger partial charge on any atom is -0.748 e. The molecule has 0 aliphatic carbocycles. The van der Waals surface area contributed by atoms with Gasteiger partial charge in [0.25, 0.3) is 5.91 Å². The Kier molecular flexibility index (Phi) is 12.0. The summed E-state index contributed by atoms with van der Waals surface area (Å²) in [5.74, 6) is -0.878. The molecule has 1 aliphatic heterocycles. The molecule has 10 nitrogen and oxygen atoms in total. The highest BCUT2D eigenvalue weighted by atomic mass is 35.5. The van der Waals surface area contributed by atoms with Crippen LogP contribution in [0.15, 0.2) is 79.0 Å². The van der Waals surface area contributed by atoms with Crippen LogP contribution < -0.4 is 5.32 Å². The number of hydrogen-bond donors (Lipinski definition) is 3. The summed E-state index contributed by atoms with van der Waals surface area (Å²) < 4.78 is 42.4. The van der Waals surface area contributed by atoms with E-state index in [1.165, 1.54) is 24.4 Å². The maximum absolute atomic E-state index is 13.2. The van der Waals surface area contributed by atoms with Crippen molar-refractivity contribution in [1.82, 2.24) is 9.97 Å². The third-order valence-corrected chi connectivity index (χ3v) is 8.63. The van der Waals surface area contributed by atoms with E-state index in [0.717, 1.165) is 40.9 Å². The molecule has 2 aromatic carbocycles. The molecule has 4 aromatic rings. The number of anilines is 1. The molecule has 0 saturated carbocycles. The second-order valence-electron chi connectivity index (χ2n) is 11.2. The van der Waals surface area contributed by atoms with E-state index in [4.69, 9.17) is 21.7 Å². The van der Waals surface area contributed by atoms with Gasteiger partial charge in [0.15, 0.2) is 0 Å². The van der Waals surface area contributed by atoms with Crippen LogP contribution in [0.4, 0.5) is 10.1 Å². The van der Waals surface area contributed by atoms with E-state index in [9.17, 15) is 27.4 Å². The number of quaternary nitrogens is 1. The first-order chi connectivity index (χ1) is 21.8. The second kappa shape index (κ2) is 15.7. The number of aromatic nitrogens is 2.